The van der Waals surface area contributed by atoms with Gasteiger partial charge in [-0.2, -0.15) is 0 Å². The molecule has 0 aliphatic rings. The van der Waals surface area contributed by atoms with E-state index in [0.29, 0.717) is 6.04 Å². The summed E-state index contributed by atoms with van der Waals surface area (Å²) >= 11 is 0. The molecule has 0 bridgehead atoms. The van der Waals surface area contributed by atoms with Gasteiger partial charge in [-0.3, -0.25) is 4.90 Å². The Morgan fingerprint density at radius 3 is 2.18 bits per heavy atom. The summed E-state index contributed by atoms with van der Waals surface area (Å²) in [6.07, 6.45) is 3.36. The molecule has 0 aliphatic heterocycles. The molecule has 0 aliphatic carbocycles. The van der Waals surface area contributed by atoms with Crippen LogP contribution in [-0.2, 0) is 13.0 Å². The first-order valence-corrected chi connectivity index (χ1v) is 6.69. The number of nitrogens with two attached hydrogens (primary N) is 1. The zero-order valence-corrected chi connectivity index (χ0v) is 11.4. The van der Waals surface area contributed by atoms with Crippen LogP contribution in [0.15, 0.2) is 24.3 Å². The fourth-order valence-electron chi connectivity index (χ4n) is 2.23. The fraction of sp³-hybridized carbons (Fsp3) is 0.600. The van der Waals surface area contributed by atoms with Crippen molar-refractivity contribution in [3.63, 3.8) is 0 Å². The van der Waals surface area contributed by atoms with Crippen molar-refractivity contribution in [1.29, 1.82) is 0 Å². The molecule has 0 saturated carbocycles. The van der Waals surface area contributed by atoms with E-state index < -0.39 is 0 Å². The van der Waals surface area contributed by atoms with E-state index in [1.165, 1.54) is 17.5 Å². The Balaban J connectivity index is 2.56. The molecule has 0 spiro atoms. The molecule has 96 valence electrons. The average Bonchev–Trinajstić information content (AvgIpc) is 2.36. The Kier molecular flexibility index (Phi) is 6.23. The van der Waals surface area contributed by atoms with Crippen LogP contribution < -0.4 is 5.73 Å². The summed E-state index contributed by atoms with van der Waals surface area (Å²) in [6.45, 7) is 6.21. The molecule has 0 heterocycles. The highest BCUT2D eigenvalue weighted by Crippen LogP contribution is 2.12. The minimum absolute atomic E-state index is 0.603. The lowest BCUT2D eigenvalue weighted by Gasteiger charge is -2.26. The lowest BCUT2D eigenvalue weighted by molar-refractivity contribution is 0.218. The third-order valence-electron chi connectivity index (χ3n) is 3.46. The van der Waals surface area contributed by atoms with Gasteiger partial charge in [-0.15, -0.1) is 0 Å². The average molecular weight is 234 g/mol. The smallest absolute Gasteiger partial charge is 0.0233 e. The molecule has 1 rings (SSSR count). The summed E-state index contributed by atoms with van der Waals surface area (Å²) in [7, 11) is 2.19. The maximum absolute atomic E-state index is 5.65. The second-order valence-corrected chi connectivity index (χ2v) is 4.72. The highest BCUT2D eigenvalue weighted by atomic mass is 15.1. The van der Waals surface area contributed by atoms with E-state index in [9.17, 15) is 0 Å². The molecular formula is C15H26N2. The van der Waals surface area contributed by atoms with Crippen molar-refractivity contribution >= 4 is 0 Å². The molecule has 0 radical (unpaired) electrons. The molecular weight excluding hydrogens is 208 g/mol. The minimum atomic E-state index is 0.603. The second kappa shape index (κ2) is 7.46. The molecule has 0 fully saturated rings. The number of hydrogen-bond donors (Lipinski definition) is 1. The van der Waals surface area contributed by atoms with Crippen LogP contribution in [0.5, 0.6) is 0 Å². The summed E-state index contributed by atoms with van der Waals surface area (Å²) < 4.78 is 0. The molecule has 2 heteroatoms. The monoisotopic (exact) mass is 234 g/mol. The van der Waals surface area contributed by atoms with E-state index in [4.69, 9.17) is 5.73 Å². The van der Waals surface area contributed by atoms with E-state index in [1.54, 1.807) is 0 Å². The van der Waals surface area contributed by atoms with Crippen LogP contribution in [0.3, 0.4) is 0 Å². The first-order valence-electron chi connectivity index (χ1n) is 6.69. The first kappa shape index (κ1) is 14.2. The molecule has 1 aromatic rings. The lowest BCUT2D eigenvalue weighted by Crippen LogP contribution is -2.32. The molecule has 1 atom stereocenters. The highest BCUT2D eigenvalue weighted by Gasteiger charge is 2.11. The third-order valence-corrected chi connectivity index (χ3v) is 3.46. The van der Waals surface area contributed by atoms with Gasteiger partial charge >= 0.3 is 0 Å². The van der Waals surface area contributed by atoms with Crippen LogP contribution >= 0.6 is 0 Å². The summed E-state index contributed by atoms with van der Waals surface area (Å²) in [5.74, 6) is 0. The van der Waals surface area contributed by atoms with Crippen LogP contribution in [0.25, 0.3) is 0 Å². The molecule has 0 amide bonds. The highest BCUT2D eigenvalue weighted by molar-refractivity contribution is 5.22. The molecule has 0 aromatic heterocycles. The molecule has 2 N–H and O–H groups in total. The largest absolute Gasteiger partial charge is 0.330 e. The predicted octanol–water partition coefficient (Wildman–Crippen LogP) is 2.81. The number of benzene rings is 1. The van der Waals surface area contributed by atoms with Crippen molar-refractivity contribution in [2.24, 2.45) is 5.73 Å². The van der Waals surface area contributed by atoms with Gasteiger partial charge in [0, 0.05) is 12.6 Å². The van der Waals surface area contributed by atoms with Crippen LogP contribution in [-0.4, -0.2) is 24.5 Å². The summed E-state index contributed by atoms with van der Waals surface area (Å²) in [4.78, 5) is 2.41. The molecule has 2 nitrogen and oxygen atoms in total. The van der Waals surface area contributed by atoms with Gasteiger partial charge in [0.15, 0.2) is 0 Å². The number of nitrogens with zero attached hydrogens (tertiary/aromatic N) is 1. The first-order chi connectivity index (χ1) is 8.21. The van der Waals surface area contributed by atoms with Gasteiger partial charge in [-0.1, -0.05) is 38.1 Å². The van der Waals surface area contributed by atoms with Gasteiger partial charge < -0.3 is 5.73 Å². The predicted molar refractivity (Wildman–Crippen MR) is 75.0 cm³/mol. The minimum Gasteiger partial charge on any atom is -0.330 e. The molecule has 1 aromatic carbocycles. The van der Waals surface area contributed by atoms with Crippen LogP contribution in [0.1, 0.15) is 37.8 Å². The maximum Gasteiger partial charge on any atom is 0.0233 e. The standard InChI is InChI=1S/C15H26N2/c1-4-13-6-8-14(9-7-13)12-17(3)15(5-2)10-11-16/h6-9,15H,4-5,10-12,16H2,1-3H3. The number of hydrogen-bond acceptors (Lipinski definition) is 2. The Labute approximate surface area is 106 Å². The fourth-order valence-corrected chi connectivity index (χ4v) is 2.23. The van der Waals surface area contributed by atoms with Crippen molar-refractivity contribution in [3.8, 4) is 0 Å². The van der Waals surface area contributed by atoms with E-state index in [2.05, 4.69) is 50.1 Å². The van der Waals surface area contributed by atoms with Crippen molar-refractivity contribution in [1.82, 2.24) is 4.90 Å². The zero-order chi connectivity index (χ0) is 12.7. The molecule has 0 saturated heterocycles. The van der Waals surface area contributed by atoms with Crippen molar-refractivity contribution in [3.05, 3.63) is 35.4 Å². The Bertz CT molecular complexity index is 305. The van der Waals surface area contributed by atoms with E-state index in [1.807, 2.05) is 0 Å². The van der Waals surface area contributed by atoms with Crippen molar-refractivity contribution < 1.29 is 0 Å². The zero-order valence-electron chi connectivity index (χ0n) is 11.4. The van der Waals surface area contributed by atoms with Crippen LogP contribution in [0.2, 0.25) is 0 Å². The quantitative estimate of drug-likeness (QED) is 0.786. The van der Waals surface area contributed by atoms with Crippen LogP contribution in [0, 0.1) is 0 Å². The Morgan fingerprint density at radius 1 is 1.12 bits per heavy atom. The normalized spacial score (nSPS) is 13.0. The van der Waals surface area contributed by atoms with E-state index in [0.717, 1.165) is 25.9 Å². The van der Waals surface area contributed by atoms with E-state index >= 15 is 0 Å². The SMILES string of the molecule is CCc1ccc(CN(C)C(CC)CCN)cc1. The third kappa shape index (κ3) is 4.49. The molecule has 17 heavy (non-hydrogen) atoms. The van der Waals surface area contributed by atoms with Gasteiger partial charge in [0.2, 0.25) is 0 Å². The van der Waals surface area contributed by atoms with Crippen molar-refractivity contribution in [2.45, 2.75) is 45.7 Å². The topological polar surface area (TPSA) is 29.3 Å². The number of rotatable bonds is 7. The van der Waals surface area contributed by atoms with Gasteiger partial charge in [0.1, 0.15) is 0 Å². The number of aryl methyl sites for hydroxylation is 1. The van der Waals surface area contributed by atoms with Gasteiger partial charge in [0.25, 0.3) is 0 Å². The van der Waals surface area contributed by atoms with Gasteiger partial charge in [-0.25, -0.2) is 0 Å². The van der Waals surface area contributed by atoms with Crippen molar-refractivity contribution in [2.75, 3.05) is 13.6 Å². The molecule has 1 unspecified atom stereocenters. The second-order valence-electron chi connectivity index (χ2n) is 4.72. The van der Waals surface area contributed by atoms with Gasteiger partial charge in [-0.05, 0) is 44.0 Å². The van der Waals surface area contributed by atoms with Crippen LogP contribution in [0.4, 0.5) is 0 Å². The lowest BCUT2D eigenvalue weighted by atomic mass is 10.1. The van der Waals surface area contributed by atoms with Gasteiger partial charge in [0.05, 0.1) is 0 Å². The Morgan fingerprint density at radius 2 is 1.71 bits per heavy atom. The Hall–Kier alpha value is -0.860. The summed E-state index contributed by atoms with van der Waals surface area (Å²) in [6, 6.07) is 9.54. The van der Waals surface area contributed by atoms with E-state index in [-0.39, 0.29) is 0 Å². The maximum atomic E-state index is 5.65. The summed E-state index contributed by atoms with van der Waals surface area (Å²) in [5, 5.41) is 0. The summed E-state index contributed by atoms with van der Waals surface area (Å²) in [5.41, 5.74) is 8.44.